The van der Waals surface area contributed by atoms with Crippen molar-refractivity contribution in [1.82, 2.24) is 4.98 Å². The summed E-state index contributed by atoms with van der Waals surface area (Å²) in [6, 6.07) is 0. The van der Waals surface area contributed by atoms with E-state index in [1.54, 1.807) is 11.3 Å². The first-order valence-electron chi connectivity index (χ1n) is 3.86. The van der Waals surface area contributed by atoms with Crippen LogP contribution in [-0.4, -0.2) is 10.8 Å². The van der Waals surface area contributed by atoms with Crippen LogP contribution in [0.2, 0.25) is 0 Å². The third-order valence-corrected chi connectivity index (χ3v) is 2.63. The van der Waals surface area contributed by atoms with Gasteiger partial charge in [-0.15, -0.1) is 11.3 Å². The van der Waals surface area contributed by atoms with Crippen LogP contribution in [0.1, 0.15) is 30.5 Å². The number of nitrogens with zero attached hydrogens (tertiary/aromatic N) is 1. The molecule has 0 aliphatic carbocycles. The third-order valence-electron chi connectivity index (χ3n) is 1.43. The molecular weight excluding hydrogens is 170 g/mol. The van der Waals surface area contributed by atoms with Gasteiger partial charge in [-0.1, -0.05) is 13.8 Å². The number of hydrogen-bond acceptors (Lipinski definition) is 3. The van der Waals surface area contributed by atoms with Gasteiger partial charge in [-0.05, 0) is 0 Å². The van der Waals surface area contributed by atoms with E-state index in [9.17, 15) is 0 Å². The first-order chi connectivity index (χ1) is 5.59. The van der Waals surface area contributed by atoms with E-state index in [1.807, 2.05) is 5.38 Å². The average molecular weight is 183 g/mol. The van der Waals surface area contributed by atoms with Gasteiger partial charge in [-0.25, -0.2) is 4.98 Å². The van der Waals surface area contributed by atoms with Crippen LogP contribution in [-0.2, 0) is 6.42 Å². The Kier molecular flexibility index (Phi) is 2.81. The Balaban J connectivity index is 2.70. The van der Waals surface area contributed by atoms with E-state index in [1.165, 1.54) is 0 Å². The summed E-state index contributed by atoms with van der Waals surface area (Å²) >= 11 is 1.64. The highest BCUT2D eigenvalue weighted by Gasteiger charge is 2.05. The molecule has 1 rings (SSSR count). The van der Waals surface area contributed by atoms with E-state index in [2.05, 4.69) is 18.8 Å². The zero-order chi connectivity index (χ0) is 9.14. The first kappa shape index (κ1) is 9.19. The van der Waals surface area contributed by atoms with Gasteiger partial charge >= 0.3 is 0 Å². The number of nitrogens with one attached hydrogen (secondary N) is 1. The van der Waals surface area contributed by atoms with Gasteiger partial charge in [-0.2, -0.15) is 0 Å². The Bertz CT molecular complexity index is 278. The van der Waals surface area contributed by atoms with Crippen LogP contribution < -0.4 is 5.73 Å². The van der Waals surface area contributed by atoms with Crippen LogP contribution in [0.25, 0.3) is 0 Å². The highest BCUT2D eigenvalue weighted by atomic mass is 32.1. The molecule has 0 aromatic carbocycles. The molecule has 12 heavy (non-hydrogen) atoms. The fourth-order valence-corrected chi connectivity index (χ4v) is 1.70. The molecule has 0 bridgehead atoms. The Labute approximate surface area is 76.1 Å². The molecule has 0 amide bonds. The summed E-state index contributed by atoms with van der Waals surface area (Å²) in [5, 5.41) is 10.2. The number of aromatic nitrogens is 1. The topological polar surface area (TPSA) is 62.8 Å². The minimum Gasteiger partial charge on any atom is -0.387 e. The summed E-state index contributed by atoms with van der Waals surface area (Å²) in [6.07, 6.45) is 0.475. The number of hydrogen-bond donors (Lipinski definition) is 2. The lowest BCUT2D eigenvalue weighted by molar-refractivity contribution is 0.844. The summed E-state index contributed by atoms with van der Waals surface area (Å²) in [6.45, 7) is 4.22. The Morgan fingerprint density at radius 3 is 2.83 bits per heavy atom. The molecule has 4 heteroatoms. The first-order valence-corrected chi connectivity index (χ1v) is 4.74. The summed E-state index contributed by atoms with van der Waals surface area (Å²) in [5.74, 6) is 0.645. The van der Waals surface area contributed by atoms with Crippen LogP contribution in [0.5, 0.6) is 0 Å². The minimum absolute atomic E-state index is 0.176. The molecule has 0 spiro atoms. The molecule has 0 unspecified atom stereocenters. The molecule has 66 valence electrons. The smallest absolute Gasteiger partial charge is 0.0966 e. The molecule has 1 aromatic rings. The predicted octanol–water partition coefficient (Wildman–Crippen LogP) is 1.74. The maximum atomic E-state index is 7.09. The monoisotopic (exact) mass is 183 g/mol. The lowest BCUT2D eigenvalue weighted by Crippen LogP contribution is -2.12. The molecule has 0 radical (unpaired) electrons. The summed E-state index contributed by atoms with van der Waals surface area (Å²) in [5.41, 5.74) is 6.17. The van der Waals surface area contributed by atoms with E-state index in [-0.39, 0.29) is 5.84 Å². The van der Waals surface area contributed by atoms with Crippen LogP contribution in [0.3, 0.4) is 0 Å². The molecule has 0 fully saturated rings. The SMILES string of the molecule is CC(C)c1nc(CC(=N)N)cs1. The van der Waals surface area contributed by atoms with Crippen molar-refractivity contribution in [3.8, 4) is 0 Å². The van der Waals surface area contributed by atoms with Crippen LogP contribution >= 0.6 is 11.3 Å². The lowest BCUT2D eigenvalue weighted by Gasteiger charge is -1.96. The fourth-order valence-electron chi connectivity index (χ4n) is 0.864. The summed E-state index contributed by atoms with van der Waals surface area (Å²) in [4.78, 5) is 4.35. The Morgan fingerprint density at radius 1 is 1.75 bits per heavy atom. The van der Waals surface area contributed by atoms with Crippen molar-refractivity contribution in [2.75, 3.05) is 0 Å². The summed E-state index contributed by atoms with van der Waals surface area (Å²) < 4.78 is 0. The molecule has 3 nitrogen and oxygen atoms in total. The van der Waals surface area contributed by atoms with Crippen LogP contribution in [0, 0.1) is 5.41 Å². The van der Waals surface area contributed by atoms with E-state index in [0.717, 1.165) is 10.7 Å². The zero-order valence-corrected chi connectivity index (χ0v) is 8.11. The predicted molar refractivity (Wildman–Crippen MR) is 51.8 cm³/mol. The van der Waals surface area contributed by atoms with Crippen LogP contribution in [0.4, 0.5) is 0 Å². The van der Waals surface area contributed by atoms with Crippen molar-refractivity contribution in [1.29, 1.82) is 5.41 Å². The van der Waals surface area contributed by atoms with Crippen molar-refractivity contribution in [2.24, 2.45) is 5.73 Å². The zero-order valence-electron chi connectivity index (χ0n) is 7.29. The van der Waals surface area contributed by atoms with Gasteiger partial charge in [0.15, 0.2) is 0 Å². The van der Waals surface area contributed by atoms with Crippen molar-refractivity contribution in [3.05, 3.63) is 16.1 Å². The van der Waals surface area contributed by atoms with E-state index < -0.39 is 0 Å². The third kappa shape index (κ3) is 2.30. The minimum atomic E-state index is 0.176. The van der Waals surface area contributed by atoms with Gasteiger partial charge in [0.25, 0.3) is 0 Å². The highest BCUT2D eigenvalue weighted by molar-refractivity contribution is 7.09. The molecule has 0 saturated carbocycles. The largest absolute Gasteiger partial charge is 0.387 e. The molecule has 0 atom stereocenters. The van der Waals surface area contributed by atoms with E-state index >= 15 is 0 Å². The van der Waals surface area contributed by atoms with Crippen molar-refractivity contribution in [3.63, 3.8) is 0 Å². The average Bonchev–Trinajstić information content (AvgIpc) is 2.34. The van der Waals surface area contributed by atoms with Crippen molar-refractivity contribution >= 4 is 17.2 Å². The molecule has 0 saturated heterocycles. The Hall–Kier alpha value is -0.900. The van der Waals surface area contributed by atoms with Crippen molar-refractivity contribution in [2.45, 2.75) is 26.2 Å². The van der Waals surface area contributed by atoms with Gasteiger partial charge in [0.05, 0.1) is 16.5 Å². The summed E-state index contributed by atoms with van der Waals surface area (Å²) in [7, 11) is 0. The number of nitrogens with two attached hydrogens (primary N) is 1. The maximum absolute atomic E-state index is 7.09. The molecule has 3 N–H and O–H groups in total. The Morgan fingerprint density at radius 2 is 2.42 bits per heavy atom. The fraction of sp³-hybridized carbons (Fsp3) is 0.500. The van der Waals surface area contributed by atoms with Crippen molar-refractivity contribution < 1.29 is 0 Å². The van der Waals surface area contributed by atoms with Gasteiger partial charge in [0, 0.05) is 17.7 Å². The van der Waals surface area contributed by atoms with Gasteiger partial charge in [-0.3, -0.25) is 5.41 Å². The van der Waals surface area contributed by atoms with E-state index in [0.29, 0.717) is 12.3 Å². The molecule has 1 aromatic heterocycles. The lowest BCUT2D eigenvalue weighted by atomic mass is 10.2. The maximum Gasteiger partial charge on any atom is 0.0966 e. The second-order valence-corrected chi connectivity index (χ2v) is 3.92. The van der Waals surface area contributed by atoms with Gasteiger partial charge in [0.1, 0.15) is 0 Å². The second-order valence-electron chi connectivity index (χ2n) is 3.03. The molecule has 0 aliphatic rings. The normalized spacial score (nSPS) is 10.6. The number of rotatable bonds is 3. The molecular formula is C8H13N3S. The quantitative estimate of drug-likeness (QED) is 0.554. The van der Waals surface area contributed by atoms with Gasteiger partial charge < -0.3 is 5.73 Å². The standard InChI is InChI=1S/C8H13N3S/c1-5(2)8-11-6(4-12-8)3-7(9)10/h4-5H,3H2,1-2H3,(H3,9,10). The molecule has 1 heterocycles. The number of amidine groups is 1. The molecule has 0 aliphatic heterocycles. The second kappa shape index (κ2) is 3.67. The van der Waals surface area contributed by atoms with E-state index in [4.69, 9.17) is 11.1 Å². The van der Waals surface area contributed by atoms with Gasteiger partial charge in [0.2, 0.25) is 0 Å². The van der Waals surface area contributed by atoms with Crippen LogP contribution in [0.15, 0.2) is 5.38 Å². The number of thiazole rings is 1. The highest BCUT2D eigenvalue weighted by Crippen LogP contribution is 2.19.